The van der Waals surface area contributed by atoms with Gasteiger partial charge in [0, 0.05) is 5.56 Å². The molecular weight excluding hydrogens is 284 g/mol. The molecule has 6 nitrogen and oxygen atoms in total. The molecular formula is C16H20N2O4. The van der Waals surface area contributed by atoms with Gasteiger partial charge in [-0.2, -0.15) is 0 Å². The molecule has 1 unspecified atom stereocenters. The molecule has 22 heavy (non-hydrogen) atoms. The van der Waals surface area contributed by atoms with Gasteiger partial charge in [-0.25, -0.2) is 10.5 Å². The summed E-state index contributed by atoms with van der Waals surface area (Å²) in [6.45, 7) is 8.34. The Labute approximate surface area is 129 Å². The van der Waals surface area contributed by atoms with Crippen LogP contribution in [0.15, 0.2) is 35.8 Å². The van der Waals surface area contributed by atoms with Gasteiger partial charge in [0.05, 0.1) is 0 Å². The Morgan fingerprint density at radius 3 is 3.05 bits per heavy atom. The lowest BCUT2D eigenvalue weighted by molar-refractivity contribution is -0.130. The number of rotatable bonds is 6. The van der Waals surface area contributed by atoms with Crippen molar-refractivity contribution in [1.82, 2.24) is 5.48 Å². The Hall–Kier alpha value is -2.34. The fourth-order valence-corrected chi connectivity index (χ4v) is 2.15. The van der Waals surface area contributed by atoms with Gasteiger partial charge in [0.1, 0.15) is 19.0 Å². The number of carbonyl (C=O) groups is 1. The van der Waals surface area contributed by atoms with E-state index in [9.17, 15) is 4.79 Å². The quantitative estimate of drug-likeness (QED) is 0.479. The van der Waals surface area contributed by atoms with Crippen LogP contribution in [0.5, 0.6) is 5.75 Å². The fraction of sp³-hybridized carbons (Fsp3) is 0.375. The van der Waals surface area contributed by atoms with Gasteiger partial charge >= 0.3 is 0 Å². The van der Waals surface area contributed by atoms with Gasteiger partial charge in [0.25, 0.3) is 5.91 Å². The maximum absolute atomic E-state index is 11.4. The third-order valence-electron chi connectivity index (χ3n) is 3.30. The van der Waals surface area contributed by atoms with Crippen molar-refractivity contribution in [3.05, 3.63) is 42.0 Å². The van der Waals surface area contributed by atoms with Crippen molar-refractivity contribution in [3.63, 3.8) is 0 Å². The zero-order chi connectivity index (χ0) is 16.1. The highest BCUT2D eigenvalue weighted by atomic mass is 16.5. The highest BCUT2D eigenvalue weighted by Gasteiger charge is 2.26. The van der Waals surface area contributed by atoms with Gasteiger partial charge < -0.3 is 9.47 Å². The Kier molecular flexibility index (Phi) is 5.16. The summed E-state index contributed by atoms with van der Waals surface area (Å²) in [6, 6.07) is 4.92. The van der Waals surface area contributed by atoms with E-state index in [1.165, 1.54) is 0 Å². The second-order valence-corrected chi connectivity index (χ2v) is 5.24. The normalized spacial score (nSPS) is 16.9. The van der Waals surface area contributed by atoms with Gasteiger partial charge in [0.15, 0.2) is 6.04 Å². The van der Waals surface area contributed by atoms with Gasteiger partial charge in [-0.3, -0.25) is 10.0 Å². The molecule has 2 rings (SSSR count). The molecule has 2 N–H and O–H groups in total. The van der Waals surface area contributed by atoms with Crippen LogP contribution >= 0.6 is 0 Å². The first kappa shape index (κ1) is 16.0. The lowest BCUT2D eigenvalue weighted by Gasteiger charge is -2.14. The van der Waals surface area contributed by atoms with Gasteiger partial charge in [-0.05, 0) is 29.7 Å². The number of amides is 1. The predicted molar refractivity (Wildman–Crippen MR) is 82.4 cm³/mol. The van der Waals surface area contributed by atoms with Crippen LogP contribution in [-0.4, -0.2) is 36.3 Å². The molecule has 1 aromatic rings. The average Bonchev–Trinajstić information content (AvgIpc) is 3.01. The summed E-state index contributed by atoms with van der Waals surface area (Å²) in [5, 5.41) is 8.64. The van der Waals surface area contributed by atoms with E-state index in [-0.39, 0.29) is 12.5 Å². The molecule has 1 aliphatic rings. The first-order valence-corrected chi connectivity index (χ1v) is 7.09. The van der Waals surface area contributed by atoms with Crippen LogP contribution in [0.4, 0.5) is 0 Å². The standard InChI is InChI=1S/C16H20N2O4/c1-4-7-21-14-6-5-11(8-12(14)10(2)3)16-17-13(9-22-16)15(19)18-20/h4-6,8,10,13,20H,1,7,9H2,2-3H3,(H,18,19). The molecule has 0 aliphatic carbocycles. The predicted octanol–water partition coefficient (Wildman–Crippen LogP) is 2.03. The van der Waals surface area contributed by atoms with E-state index in [1.54, 1.807) is 11.6 Å². The van der Waals surface area contributed by atoms with E-state index in [0.717, 1.165) is 16.9 Å². The maximum atomic E-state index is 11.4. The van der Waals surface area contributed by atoms with Crippen LogP contribution in [0, 0.1) is 0 Å². The number of ether oxygens (including phenoxy) is 2. The highest BCUT2D eigenvalue weighted by Crippen LogP contribution is 2.28. The second kappa shape index (κ2) is 7.09. The van der Waals surface area contributed by atoms with Crippen LogP contribution < -0.4 is 10.2 Å². The van der Waals surface area contributed by atoms with E-state index in [4.69, 9.17) is 14.7 Å². The lowest BCUT2D eigenvalue weighted by atomic mass is 9.99. The smallest absolute Gasteiger partial charge is 0.271 e. The molecule has 1 aromatic carbocycles. The SMILES string of the molecule is C=CCOc1ccc(C2=NC(C(=O)NO)CO2)cc1C(C)C. The molecule has 0 saturated heterocycles. The number of aliphatic imine (C=N–C) groups is 1. The van der Waals surface area contributed by atoms with Crippen molar-refractivity contribution in [1.29, 1.82) is 0 Å². The van der Waals surface area contributed by atoms with Crippen LogP contribution in [0.25, 0.3) is 0 Å². The molecule has 0 spiro atoms. The fourth-order valence-electron chi connectivity index (χ4n) is 2.15. The number of carbonyl (C=O) groups excluding carboxylic acids is 1. The van der Waals surface area contributed by atoms with Crippen molar-refractivity contribution >= 4 is 11.8 Å². The van der Waals surface area contributed by atoms with Crippen LogP contribution in [0.1, 0.15) is 30.9 Å². The van der Waals surface area contributed by atoms with E-state index in [0.29, 0.717) is 12.5 Å². The van der Waals surface area contributed by atoms with Crippen molar-refractivity contribution in [3.8, 4) is 5.75 Å². The van der Waals surface area contributed by atoms with Gasteiger partial charge in [-0.1, -0.05) is 26.5 Å². The Balaban J connectivity index is 2.27. The number of benzene rings is 1. The molecule has 1 heterocycles. The van der Waals surface area contributed by atoms with Crippen LogP contribution in [0.3, 0.4) is 0 Å². The summed E-state index contributed by atoms with van der Waals surface area (Å²) in [6.07, 6.45) is 1.69. The number of hydroxylamine groups is 1. The highest BCUT2D eigenvalue weighted by molar-refractivity contribution is 5.98. The second-order valence-electron chi connectivity index (χ2n) is 5.24. The summed E-state index contributed by atoms with van der Waals surface area (Å²) < 4.78 is 11.1. The van der Waals surface area contributed by atoms with E-state index < -0.39 is 11.9 Å². The zero-order valence-electron chi connectivity index (χ0n) is 12.7. The van der Waals surface area contributed by atoms with Gasteiger partial charge in [0.2, 0.25) is 5.90 Å². The summed E-state index contributed by atoms with van der Waals surface area (Å²) in [7, 11) is 0. The van der Waals surface area contributed by atoms with Gasteiger partial charge in [-0.15, -0.1) is 0 Å². The van der Waals surface area contributed by atoms with E-state index in [2.05, 4.69) is 25.4 Å². The summed E-state index contributed by atoms with van der Waals surface area (Å²) >= 11 is 0. The van der Waals surface area contributed by atoms with Crippen LogP contribution in [-0.2, 0) is 9.53 Å². The molecule has 0 bridgehead atoms. The first-order chi connectivity index (χ1) is 10.6. The molecule has 0 radical (unpaired) electrons. The largest absolute Gasteiger partial charge is 0.489 e. The minimum absolute atomic E-state index is 0.119. The average molecular weight is 304 g/mol. The number of hydrogen-bond acceptors (Lipinski definition) is 5. The molecule has 0 fully saturated rings. The van der Waals surface area contributed by atoms with E-state index in [1.807, 2.05) is 18.2 Å². The first-order valence-electron chi connectivity index (χ1n) is 7.09. The third kappa shape index (κ3) is 3.46. The Morgan fingerprint density at radius 1 is 1.64 bits per heavy atom. The number of hydrogen-bond donors (Lipinski definition) is 2. The van der Waals surface area contributed by atoms with Crippen LogP contribution in [0.2, 0.25) is 0 Å². The maximum Gasteiger partial charge on any atom is 0.271 e. The number of nitrogens with zero attached hydrogens (tertiary/aromatic N) is 1. The Bertz CT molecular complexity index is 596. The zero-order valence-corrected chi connectivity index (χ0v) is 12.7. The molecule has 1 atom stereocenters. The summed E-state index contributed by atoms with van der Waals surface area (Å²) in [5.74, 6) is 0.871. The summed E-state index contributed by atoms with van der Waals surface area (Å²) in [4.78, 5) is 15.5. The Morgan fingerprint density at radius 2 is 2.41 bits per heavy atom. The minimum Gasteiger partial charge on any atom is -0.489 e. The minimum atomic E-state index is -0.723. The lowest BCUT2D eigenvalue weighted by Crippen LogP contribution is -2.31. The third-order valence-corrected chi connectivity index (χ3v) is 3.30. The molecule has 0 aromatic heterocycles. The van der Waals surface area contributed by atoms with E-state index >= 15 is 0 Å². The molecule has 1 amide bonds. The molecule has 6 heteroatoms. The monoisotopic (exact) mass is 304 g/mol. The van der Waals surface area contributed by atoms with Crippen molar-refractivity contribution < 1.29 is 19.5 Å². The van der Waals surface area contributed by atoms with Crippen molar-refractivity contribution in [2.45, 2.75) is 25.8 Å². The summed E-state index contributed by atoms with van der Waals surface area (Å²) in [5.41, 5.74) is 3.39. The molecule has 118 valence electrons. The topological polar surface area (TPSA) is 80.2 Å². The molecule has 0 saturated carbocycles. The van der Waals surface area contributed by atoms with Crippen molar-refractivity contribution in [2.24, 2.45) is 4.99 Å². The number of nitrogens with one attached hydrogen (secondary N) is 1. The molecule has 1 aliphatic heterocycles. The van der Waals surface area contributed by atoms with Crippen molar-refractivity contribution in [2.75, 3.05) is 13.2 Å².